The lowest BCUT2D eigenvalue weighted by molar-refractivity contribution is 0.457. The molecule has 0 saturated carbocycles. The minimum Gasteiger partial charge on any atom is -0.494 e. The SMILES string of the molecule is Oc1[nH]c2ccc(-c3cccnc3)cc2c1C1=NCc2ccccc2N1. The molecule has 3 N–H and O–H groups in total. The van der Waals surface area contributed by atoms with Gasteiger partial charge in [0.25, 0.3) is 0 Å². The number of rotatable bonds is 2. The number of fused-ring (bicyclic) bond motifs is 2. The maximum atomic E-state index is 10.5. The maximum absolute atomic E-state index is 10.5. The van der Waals surface area contributed by atoms with Gasteiger partial charge < -0.3 is 15.4 Å². The maximum Gasteiger partial charge on any atom is 0.200 e. The van der Waals surface area contributed by atoms with Crippen molar-refractivity contribution in [1.29, 1.82) is 0 Å². The molecule has 0 saturated heterocycles. The van der Waals surface area contributed by atoms with Gasteiger partial charge in [0.2, 0.25) is 5.88 Å². The summed E-state index contributed by atoms with van der Waals surface area (Å²) in [5.41, 5.74) is 5.81. The van der Waals surface area contributed by atoms with E-state index in [4.69, 9.17) is 0 Å². The Balaban J connectivity index is 1.64. The van der Waals surface area contributed by atoms with E-state index in [0.29, 0.717) is 17.9 Å². The largest absolute Gasteiger partial charge is 0.494 e. The minimum absolute atomic E-state index is 0.119. The van der Waals surface area contributed by atoms with Crippen LogP contribution in [0.4, 0.5) is 5.69 Å². The van der Waals surface area contributed by atoms with E-state index < -0.39 is 0 Å². The number of pyridine rings is 1. The molecule has 0 amide bonds. The number of hydrogen-bond acceptors (Lipinski definition) is 4. The molecule has 0 radical (unpaired) electrons. The number of aromatic hydroxyl groups is 1. The summed E-state index contributed by atoms with van der Waals surface area (Å²) >= 11 is 0. The van der Waals surface area contributed by atoms with Gasteiger partial charge in [0.05, 0.1) is 12.1 Å². The second kappa shape index (κ2) is 5.74. The number of aliphatic imine (C=N–C) groups is 1. The average Bonchev–Trinajstić information content (AvgIpc) is 3.03. The van der Waals surface area contributed by atoms with Gasteiger partial charge in [-0.05, 0) is 35.4 Å². The van der Waals surface area contributed by atoms with Gasteiger partial charge in [-0.3, -0.25) is 9.98 Å². The van der Waals surface area contributed by atoms with E-state index in [1.807, 2.05) is 48.7 Å². The van der Waals surface area contributed by atoms with Gasteiger partial charge in [-0.15, -0.1) is 0 Å². The molecular weight excluding hydrogens is 324 g/mol. The first-order valence-corrected chi connectivity index (χ1v) is 8.44. The summed E-state index contributed by atoms with van der Waals surface area (Å²) in [6.45, 7) is 0.590. The fourth-order valence-corrected chi connectivity index (χ4v) is 3.38. The Bertz CT molecular complexity index is 1150. The lowest BCUT2D eigenvalue weighted by atomic mass is 10.0. The summed E-state index contributed by atoms with van der Waals surface area (Å²) in [7, 11) is 0. The van der Waals surface area contributed by atoms with Crippen molar-refractivity contribution >= 4 is 22.4 Å². The van der Waals surface area contributed by atoms with Crippen LogP contribution in [0.2, 0.25) is 0 Å². The third-order valence-corrected chi connectivity index (χ3v) is 4.69. The number of aromatic amines is 1. The Labute approximate surface area is 150 Å². The van der Waals surface area contributed by atoms with E-state index in [9.17, 15) is 5.11 Å². The molecule has 1 aliphatic heterocycles. The van der Waals surface area contributed by atoms with Crippen LogP contribution in [0.5, 0.6) is 5.88 Å². The third-order valence-electron chi connectivity index (χ3n) is 4.69. The van der Waals surface area contributed by atoms with Crippen LogP contribution in [-0.4, -0.2) is 20.9 Å². The number of para-hydroxylation sites is 1. The van der Waals surface area contributed by atoms with Gasteiger partial charge in [-0.25, -0.2) is 0 Å². The van der Waals surface area contributed by atoms with E-state index in [1.165, 1.54) is 0 Å². The summed E-state index contributed by atoms with van der Waals surface area (Å²) in [6, 6.07) is 18.1. The lowest BCUT2D eigenvalue weighted by Gasteiger charge is -2.18. The molecule has 5 nitrogen and oxygen atoms in total. The van der Waals surface area contributed by atoms with Crippen LogP contribution in [0, 0.1) is 0 Å². The highest BCUT2D eigenvalue weighted by Gasteiger charge is 2.20. The van der Waals surface area contributed by atoms with Crippen molar-refractivity contribution in [2.75, 3.05) is 5.32 Å². The molecule has 0 spiro atoms. The number of benzene rings is 2. The van der Waals surface area contributed by atoms with Crippen molar-refractivity contribution < 1.29 is 5.11 Å². The Hall–Kier alpha value is -3.60. The molecule has 1 aliphatic rings. The number of aromatic nitrogens is 2. The van der Waals surface area contributed by atoms with Crippen molar-refractivity contribution in [3.8, 4) is 17.0 Å². The molecule has 5 heteroatoms. The minimum atomic E-state index is 0.119. The lowest BCUT2D eigenvalue weighted by Crippen LogP contribution is -2.18. The predicted octanol–water partition coefficient (Wildman–Crippen LogP) is 4.31. The molecule has 0 bridgehead atoms. The van der Waals surface area contributed by atoms with Crippen molar-refractivity contribution in [3.63, 3.8) is 0 Å². The Morgan fingerprint density at radius 2 is 1.88 bits per heavy atom. The van der Waals surface area contributed by atoms with Gasteiger partial charge >= 0.3 is 0 Å². The second-order valence-electron chi connectivity index (χ2n) is 6.30. The van der Waals surface area contributed by atoms with E-state index >= 15 is 0 Å². The van der Waals surface area contributed by atoms with Crippen LogP contribution in [0.1, 0.15) is 11.1 Å². The van der Waals surface area contributed by atoms with Crippen LogP contribution >= 0.6 is 0 Å². The summed E-state index contributed by atoms with van der Waals surface area (Å²) < 4.78 is 0. The number of H-pyrrole nitrogens is 1. The highest BCUT2D eigenvalue weighted by molar-refractivity contribution is 6.18. The third kappa shape index (κ3) is 2.33. The van der Waals surface area contributed by atoms with E-state index in [1.54, 1.807) is 6.20 Å². The van der Waals surface area contributed by atoms with Crippen LogP contribution < -0.4 is 5.32 Å². The first-order chi connectivity index (χ1) is 12.8. The fourth-order valence-electron chi connectivity index (χ4n) is 3.38. The van der Waals surface area contributed by atoms with Crippen molar-refractivity contribution in [2.24, 2.45) is 4.99 Å². The zero-order valence-corrected chi connectivity index (χ0v) is 13.9. The summed E-state index contributed by atoms with van der Waals surface area (Å²) in [4.78, 5) is 11.9. The van der Waals surface area contributed by atoms with E-state index in [2.05, 4.69) is 32.4 Å². The second-order valence-corrected chi connectivity index (χ2v) is 6.30. The normalized spacial score (nSPS) is 13.2. The molecule has 2 aromatic heterocycles. The molecule has 2 aromatic carbocycles. The molecule has 4 aromatic rings. The number of nitrogens with zero attached hydrogens (tertiary/aromatic N) is 2. The number of amidine groups is 1. The van der Waals surface area contributed by atoms with Gasteiger partial charge in [-0.1, -0.05) is 30.3 Å². The molecule has 0 fully saturated rings. The van der Waals surface area contributed by atoms with Crippen LogP contribution in [0.15, 0.2) is 72.0 Å². The molecule has 5 rings (SSSR count). The van der Waals surface area contributed by atoms with Gasteiger partial charge in [0.15, 0.2) is 0 Å². The first kappa shape index (κ1) is 14.7. The van der Waals surface area contributed by atoms with Crippen molar-refractivity contribution in [2.45, 2.75) is 6.54 Å². The van der Waals surface area contributed by atoms with E-state index in [0.717, 1.165) is 33.3 Å². The van der Waals surface area contributed by atoms with E-state index in [-0.39, 0.29) is 5.88 Å². The van der Waals surface area contributed by atoms with Crippen molar-refractivity contribution in [1.82, 2.24) is 9.97 Å². The zero-order chi connectivity index (χ0) is 17.5. The topological polar surface area (TPSA) is 73.3 Å². The molecule has 3 heterocycles. The Morgan fingerprint density at radius 1 is 0.962 bits per heavy atom. The molecule has 126 valence electrons. The van der Waals surface area contributed by atoms with Gasteiger partial charge in [0, 0.05) is 34.5 Å². The fraction of sp³-hybridized carbons (Fsp3) is 0.0476. The summed E-state index contributed by atoms with van der Waals surface area (Å²) in [5, 5.41) is 14.8. The molecule has 0 atom stereocenters. The van der Waals surface area contributed by atoms with Crippen LogP contribution in [0.25, 0.3) is 22.0 Å². The molecule has 0 aliphatic carbocycles. The summed E-state index contributed by atoms with van der Waals surface area (Å²) in [5.74, 6) is 0.796. The predicted molar refractivity (Wildman–Crippen MR) is 104 cm³/mol. The molecule has 26 heavy (non-hydrogen) atoms. The Kier molecular flexibility index (Phi) is 3.25. The standard InChI is InChI=1S/C21H16N4O/c26-21-19(20-23-12-15-4-1-2-6-17(15)24-20)16-10-13(7-8-18(16)25-21)14-5-3-9-22-11-14/h1-11,25-26H,12H2,(H,23,24). The summed E-state index contributed by atoms with van der Waals surface area (Å²) in [6.07, 6.45) is 3.59. The monoisotopic (exact) mass is 340 g/mol. The Morgan fingerprint density at radius 3 is 2.77 bits per heavy atom. The van der Waals surface area contributed by atoms with Gasteiger partial charge in [-0.2, -0.15) is 0 Å². The van der Waals surface area contributed by atoms with Crippen LogP contribution in [0.3, 0.4) is 0 Å². The average molecular weight is 340 g/mol. The van der Waals surface area contributed by atoms with Crippen molar-refractivity contribution in [3.05, 3.63) is 78.1 Å². The number of hydrogen-bond donors (Lipinski definition) is 3. The molecule has 0 unspecified atom stereocenters. The molecular formula is C21H16N4O. The van der Waals surface area contributed by atoms with Gasteiger partial charge in [0.1, 0.15) is 5.84 Å². The smallest absolute Gasteiger partial charge is 0.200 e. The highest BCUT2D eigenvalue weighted by atomic mass is 16.3. The number of anilines is 1. The number of nitrogens with one attached hydrogen (secondary N) is 2. The first-order valence-electron chi connectivity index (χ1n) is 8.44. The quantitative estimate of drug-likeness (QED) is 0.509. The zero-order valence-electron chi connectivity index (χ0n) is 13.9. The highest BCUT2D eigenvalue weighted by Crippen LogP contribution is 2.33. The van der Waals surface area contributed by atoms with Crippen LogP contribution in [-0.2, 0) is 6.54 Å².